The number of nitrogens with zero attached hydrogens (tertiary/aromatic N) is 2. The van der Waals surface area contributed by atoms with Crippen molar-refractivity contribution in [2.75, 3.05) is 4.90 Å². The Morgan fingerprint density at radius 1 is 0.857 bits per heavy atom. The summed E-state index contributed by atoms with van der Waals surface area (Å²) in [7, 11) is -8.11. The molecule has 11 heteroatoms. The third-order valence-corrected chi connectivity index (χ3v) is 8.50. The lowest BCUT2D eigenvalue weighted by atomic mass is 10.2. The molecule has 0 aromatic heterocycles. The van der Waals surface area contributed by atoms with Crippen molar-refractivity contribution < 1.29 is 26.4 Å². The van der Waals surface area contributed by atoms with Crippen LogP contribution in [-0.2, 0) is 36.2 Å². The summed E-state index contributed by atoms with van der Waals surface area (Å²) in [5.74, 6) is -1.31. The molecule has 0 bridgehead atoms. The molecule has 3 aromatic carbocycles. The van der Waals surface area contributed by atoms with E-state index in [0.29, 0.717) is 5.56 Å². The number of nitrogens with two attached hydrogens (primary N) is 1. The minimum atomic E-state index is -4.15. The van der Waals surface area contributed by atoms with Crippen LogP contribution in [0.1, 0.15) is 17.5 Å². The molecule has 4 rings (SSSR count). The van der Waals surface area contributed by atoms with E-state index in [1.807, 2.05) is 6.92 Å². The van der Waals surface area contributed by atoms with Gasteiger partial charge in [0.1, 0.15) is 6.04 Å². The van der Waals surface area contributed by atoms with E-state index in [2.05, 4.69) is 0 Å². The monoisotopic (exact) mass is 513 g/mol. The summed E-state index contributed by atoms with van der Waals surface area (Å²) < 4.78 is 51.4. The summed E-state index contributed by atoms with van der Waals surface area (Å²) >= 11 is 0. The highest BCUT2D eigenvalue weighted by Gasteiger charge is 2.47. The van der Waals surface area contributed by atoms with Crippen LogP contribution in [0, 0.1) is 6.92 Å². The average molecular weight is 514 g/mol. The Morgan fingerprint density at radius 2 is 1.43 bits per heavy atom. The summed E-state index contributed by atoms with van der Waals surface area (Å²) in [6.07, 6.45) is -0.353. The van der Waals surface area contributed by atoms with E-state index in [0.717, 1.165) is 14.8 Å². The zero-order chi connectivity index (χ0) is 25.4. The quantitative estimate of drug-likeness (QED) is 0.481. The number of primary sulfonamides is 1. The minimum Gasteiger partial charge on any atom is -0.274 e. The molecule has 1 unspecified atom stereocenters. The first-order valence-electron chi connectivity index (χ1n) is 10.6. The van der Waals surface area contributed by atoms with Crippen molar-refractivity contribution in [3.63, 3.8) is 0 Å². The molecule has 1 atom stereocenters. The smallest absolute Gasteiger partial charge is 0.252 e. The van der Waals surface area contributed by atoms with Crippen LogP contribution in [0.5, 0.6) is 0 Å². The number of amides is 2. The second-order valence-corrected chi connectivity index (χ2v) is 11.6. The Bertz CT molecular complexity index is 1470. The van der Waals surface area contributed by atoms with Crippen molar-refractivity contribution in [2.45, 2.75) is 35.7 Å². The summed E-state index contributed by atoms with van der Waals surface area (Å²) in [6, 6.07) is 18.7. The molecule has 2 amide bonds. The molecule has 1 saturated heterocycles. The van der Waals surface area contributed by atoms with Gasteiger partial charge in [-0.3, -0.25) is 9.59 Å². The van der Waals surface area contributed by atoms with Gasteiger partial charge < -0.3 is 0 Å². The van der Waals surface area contributed by atoms with Crippen molar-refractivity contribution >= 4 is 37.5 Å². The lowest BCUT2D eigenvalue weighted by molar-refractivity contribution is -0.122. The number of aryl methyl sites for hydroxylation is 1. The highest BCUT2D eigenvalue weighted by Crippen LogP contribution is 2.31. The van der Waals surface area contributed by atoms with Crippen molar-refractivity contribution in [1.82, 2.24) is 4.31 Å². The van der Waals surface area contributed by atoms with Gasteiger partial charge in [-0.25, -0.2) is 26.9 Å². The molecular weight excluding hydrogens is 490 g/mol. The number of sulfonamides is 2. The molecule has 0 aliphatic carbocycles. The van der Waals surface area contributed by atoms with Crippen LogP contribution in [0.25, 0.3) is 0 Å². The molecule has 9 nitrogen and oxygen atoms in total. The first-order chi connectivity index (χ1) is 16.5. The predicted molar refractivity (Wildman–Crippen MR) is 129 cm³/mol. The number of anilines is 1. The molecule has 0 radical (unpaired) electrons. The van der Waals surface area contributed by atoms with Crippen molar-refractivity contribution in [2.24, 2.45) is 5.14 Å². The number of imide groups is 1. The SMILES string of the molecule is Cc1ccc(S(=O)(=O)N(Cc2ccccc2)C2CC(=O)N(c3ccc(S(N)(=O)=O)cc3)C2=O)cc1. The standard InChI is InChI=1S/C24H23N3O6S2/c1-17-7-11-21(12-8-17)35(32,33)26(16-18-5-3-2-4-6-18)22-15-23(28)27(24(22)29)19-9-13-20(14-10-19)34(25,30)31/h2-14,22H,15-16H2,1H3,(H2,25,30,31). The summed E-state index contributed by atoms with van der Waals surface area (Å²) in [4.78, 5) is 27.0. The maximum Gasteiger partial charge on any atom is 0.252 e. The van der Waals surface area contributed by atoms with Crippen LogP contribution in [0.4, 0.5) is 5.69 Å². The zero-order valence-corrected chi connectivity index (χ0v) is 20.4. The van der Waals surface area contributed by atoms with Crippen molar-refractivity contribution in [3.05, 3.63) is 90.0 Å². The Hall–Kier alpha value is -3.38. The minimum absolute atomic E-state index is 0.00948. The van der Waals surface area contributed by atoms with E-state index in [9.17, 15) is 26.4 Å². The maximum atomic E-state index is 13.6. The largest absolute Gasteiger partial charge is 0.274 e. The Kier molecular flexibility index (Phi) is 6.60. The number of benzene rings is 3. The number of hydrogen-bond donors (Lipinski definition) is 1. The molecule has 0 saturated carbocycles. The van der Waals surface area contributed by atoms with Gasteiger partial charge in [-0.1, -0.05) is 48.0 Å². The van der Waals surface area contributed by atoms with Crippen LogP contribution < -0.4 is 10.0 Å². The highest BCUT2D eigenvalue weighted by atomic mass is 32.2. The first kappa shape index (κ1) is 24.7. The number of rotatable bonds is 7. The molecule has 0 spiro atoms. The van der Waals surface area contributed by atoms with Crippen LogP contribution in [0.2, 0.25) is 0 Å². The topological polar surface area (TPSA) is 135 Å². The van der Waals surface area contributed by atoms with Gasteiger partial charge in [0.15, 0.2) is 0 Å². The van der Waals surface area contributed by atoms with Gasteiger partial charge in [0.2, 0.25) is 26.0 Å². The highest BCUT2D eigenvalue weighted by molar-refractivity contribution is 7.89. The molecule has 3 aromatic rings. The Labute approximate surface area is 203 Å². The van der Waals surface area contributed by atoms with Gasteiger partial charge in [-0.2, -0.15) is 4.31 Å². The molecule has 1 aliphatic heterocycles. The molecule has 1 fully saturated rings. The lowest BCUT2D eigenvalue weighted by Gasteiger charge is -2.27. The van der Waals surface area contributed by atoms with E-state index in [4.69, 9.17) is 5.14 Å². The van der Waals surface area contributed by atoms with Gasteiger partial charge in [0.05, 0.1) is 21.9 Å². The summed E-state index contributed by atoms with van der Waals surface area (Å²) in [5.41, 5.74) is 1.65. The van der Waals surface area contributed by atoms with Gasteiger partial charge in [0, 0.05) is 6.54 Å². The van der Waals surface area contributed by atoms with Crippen LogP contribution in [0.15, 0.2) is 88.7 Å². The van der Waals surface area contributed by atoms with E-state index >= 15 is 0 Å². The zero-order valence-electron chi connectivity index (χ0n) is 18.7. The molecule has 1 heterocycles. The molecular formula is C24H23N3O6S2. The fraction of sp³-hybridized carbons (Fsp3) is 0.167. The average Bonchev–Trinajstić information content (AvgIpc) is 3.11. The Morgan fingerprint density at radius 3 is 2.00 bits per heavy atom. The van der Waals surface area contributed by atoms with Crippen molar-refractivity contribution in [1.29, 1.82) is 0 Å². The predicted octanol–water partition coefficient (Wildman–Crippen LogP) is 2.17. The third kappa shape index (κ3) is 5.03. The van der Waals surface area contributed by atoms with E-state index in [-0.39, 0.29) is 28.4 Å². The summed E-state index contributed by atoms with van der Waals surface area (Å²) in [6.45, 7) is 1.72. The molecule has 1 aliphatic rings. The second kappa shape index (κ2) is 9.34. The van der Waals surface area contributed by atoms with Gasteiger partial charge >= 0.3 is 0 Å². The van der Waals surface area contributed by atoms with Crippen LogP contribution in [-0.4, -0.2) is 39.0 Å². The van der Waals surface area contributed by atoms with E-state index in [1.165, 1.54) is 36.4 Å². The first-order valence-corrected chi connectivity index (χ1v) is 13.6. The third-order valence-electron chi connectivity index (χ3n) is 5.70. The fourth-order valence-electron chi connectivity index (χ4n) is 3.87. The second-order valence-electron chi connectivity index (χ2n) is 8.18. The Balaban J connectivity index is 1.73. The van der Waals surface area contributed by atoms with Gasteiger partial charge in [-0.05, 0) is 48.9 Å². The van der Waals surface area contributed by atoms with Crippen molar-refractivity contribution in [3.8, 4) is 0 Å². The van der Waals surface area contributed by atoms with E-state index in [1.54, 1.807) is 42.5 Å². The maximum absolute atomic E-state index is 13.6. The van der Waals surface area contributed by atoms with Gasteiger partial charge in [0.25, 0.3) is 5.91 Å². The molecule has 182 valence electrons. The van der Waals surface area contributed by atoms with E-state index < -0.39 is 37.9 Å². The molecule has 2 N–H and O–H groups in total. The fourth-order valence-corrected chi connectivity index (χ4v) is 5.95. The number of hydrogen-bond acceptors (Lipinski definition) is 6. The normalized spacial score (nSPS) is 16.8. The lowest BCUT2D eigenvalue weighted by Crippen LogP contribution is -2.45. The van der Waals surface area contributed by atoms with Crippen LogP contribution >= 0.6 is 0 Å². The number of carbonyl (C=O) groups excluding carboxylic acids is 2. The van der Waals surface area contributed by atoms with Crippen LogP contribution in [0.3, 0.4) is 0 Å². The van der Waals surface area contributed by atoms with Gasteiger partial charge in [-0.15, -0.1) is 0 Å². The molecule has 35 heavy (non-hydrogen) atoms. The summed E-state index contributed by atoms with van der Waals surface area (Å²) in [5, 5.41) is 5.11. The number of carbonyl (C=O) groups is 2.